The van der Waals surface area contributed by atoms with Crippen LogP contribution in [-0.2, 0) is 13.0 Å². The van der Waals surface area contributed by atoms with Gasteiger partial charge in [0.2, 0.25) is 5.89 Å². The third kappa shape index (κ3) is 2.24. The zero-order chi connectivity index (χ0) is 14.1. The molecule has 3 rings (SSSR count). The molecule has 0 aliphatic rings. The molecule has 0 amide bonds. The van der Waals surface area contributed by atoms with Crippen molar-refractivity contribution < 1.29 is 4.52 Å². The van der Waals surface area contributed by atoms with Gasteiger partial charge in [-0.1, -0.05) is 12.1 Å². The molecule has 0 saturated carbocycles. The monoisotopic (exact) mass is 290 g/mol. The van der Waals surface area contributed by atoms with Gasteiger partial charge in [-0.2, -0.15) is 4.98 Å². The Kier molecular flexibility index (Phi) is 3.35. The summed E-state index contributed by atoms with van der Waals surface area (Å²) in [7, 11) is 0. The first-order valence-corrected chi connectivity index (χ1v) is 7.31. The molecule has 104 valence electrons. The Labute approximate surface area is 119 Å². The second-order valence-corrected chi connectivity index (χ2v) is 5.51. The summed E-state index contributed by atoms with van der Waals surface area (Å²) < 4.78 is 7.31. The van der Waals surface area contributed by atoms with Crippen LogP contribution >= 0.6 is 11.3 Å². The lowest BCUT2D eigenvalue weighted by Crippen LogP contribution is -2.20. The normalized spacial score (nSPS) is 11.3. The van der Waals surface area contributed by atoms with Crippen LogP contribution in [0.2, 0.25) is 0 Å². The minimum absolute atomic E-state index is 0.0664. The minimum Gasteiger partial charge on any atom is -0.337 e. The van der Waals surface area contributed by atoms with Crippen LogP contribution in [0.1, 0.15) is 30.6 Å². The second kappa shape index (κ2) is 5.16. The average Bonchev–Trinajstić information content (AvgIpc) is 3.02. The first kappa shape index (κ1) is 13.0. The van der Waals surface area contributed by atoms with Crippen molar-refractivity contribution in [1.82, 2.24) is 19.7 Å². The molecule has 6 nitrogen and oxygen atoms in total. The van der Waals surface area contributed by atoms with Crippen molar-refractivity contribution in [3.05, 3.63) is 39.3 Å². The van der Waals surface area contributed by atoms with E-state index in [4.69, 9.17) is 4.52 Å². The SMILES string of the molecule is CCCc1noc(Cn2cnc3c(C)csc3c2=O)n1. The maximum atomic E-state index is 12.3. The maximum absolute atomic E-state index is 12.3. The molecule has 3 aromatic heterocycles. The average molecular weight is 290 g/mol. The minimum atomic E-state index is -0.0664. The van der Waals surface area contributed by atoms with Gasteiger partial charge in [0.05, 0.1) is 11.8 Å². The predicted molar refractivity (Wildman–Crippen MR) is 76.0 cm³/mol. The number of nitrogens with zero attached hydrogens (tertiary/aromatic N) is 4. The van der Waals surface area contributed by atoms with E-state index in [-0.39, 0.29) is 12.1 Å². The van der Waals surface area contributed by atoms with Crippen LogP contribution < -0.4 is 5.56 Å². The fourth-order valence-electron chi connectivity index (χ4n) is 2.00. The van der Waals surface area contributed by atoms with Gasteiger partial charge in [0.15, 0.2) is 5.82 Å². The number of hydrogen-bond donors (Lipinski definition) is 0. The van der Waals surface area contributed by atoms with E-state index < -0.39 is 0 Å². The summed E-state index contributed by atoms with van der Waals surface area (Å²) in [6.45, 7) is 4.26. The molecule has 0 saturated heterocycles. The molecule has 0 atom stereocenters. The molecule has 7 heteroatoms. The van der Waals surface area contributed by atoms with Crippen molar-refractivity contribution in [3.8, 4) is 0 Å². The summed E-state index contributed by atoms with van der Waals surface area (Å²) >= 11 is 1.42. The molecular formula is C13H14N4O2S. The van der Waals surface area contributed by atoms with Gasteiger partial charge in [0.1, 0.15) is 11.2 Å². The molecule has 0 aromatic carbocycles. The number of aryl methyl sites for hydroxylation is 2. The molecule has 0 aliphatic carbocycles. The van der Waals surface area contributed by atoms with Crippen LogP contribution in [-0.4, -0.2) is 19.7 Å². The highest BCUT2D eigenvalue weighted by Gasteiger charge is 2.11. The summed E-state index contributed by atoms with van der Waals surface area (Å²) in [5.41, 5.74) is 1.73. The molecular weight excluding hydrogens is 276 g/mol. The molecule has 3 heterocycles. The highest BCUT2D eigenvalue weighted by atomic mass is 32.1. The Morgan fingerprint density at radius 1 is 1.45 bits per heavy atom. The van der Waals surface area contributed by atoms with Crippen LogP contribution in [0.15, 0.2) is 21.0 Å². The fraction of sp³-hybridized carbons (Fsp3) is 0.385. The summed E-state index contributed by atoms with van der Waals surface area (Å²) in [5, 5.41) is 5.82. The molecule has 0 spiro atoms. The lowest BCUT2D eigenvalue weighted by Gasteiger charge is -2.01. The summed E-state index contributed by atoms with van der Waals surface area (Å²) in [4.78, 5) is 20.9. The summed E-state index contributed by atoms with van der Waals surface area (Å²) in [6, 6.07) is 0. The van der Waals surface area contributed by atoms with Crippen LogP contribution in [0.3, 0.4) is 0 Å². The standard InChI is InChI=1S/C13H14N4O2S/c1-3-4-9-15-10(19-16-9)5-17-7-14-11-8(2)6-20-12(11)13(17)18/h6-7H,3-5H2,1-2H3. The number of thiophene rings is 1. The van der Waals surface area contributed by atoms with Crippen LogP contribution in [0.4, 0.5) is 0 Å². The summed E-state index contributed by atoms with van der Waals surface area (Å²) in [6.07, 6.45) is 3.27. The Morgan fingerprint density at radius 2 is 2.30 bits per heavy atom. The smallest absolute Gasteiger partial charge is 0.271 e. The van der Waals surface area contributed by atoms with E-state index in [0.717, 1.165) is 23.9 Å². The number of aromatic nitrogens is 4. The first-order chi connectivity index (χ1) is 9.69. The van der Waals surface area contributed by atoms with Gasteiger partial charge in [-0.25, -0.2) is 4.98 Å². The van der Waals surface area contributed by atoms with Crippen LogP contribution in [0, 0.1) is 6.92 Å². The van der Waals surface area contributed by atoms with E-state index in [0.29, 0.717) is 16.4 Å². The second-order valence-electron chi connectivity index (χ2n) is 4.63. The molecule has 0 unspecified atom stereocenters. The molecule has 0 fully saturated rings. The molecule has 3 aromatic rings. The van der Waals surface area contributed by atoms with Crippen molar-refractivity contribution in [3.63, 3.8) is 0 Å². The van der Waals surface area contributed by atoms with Crippen molar-refractivity contribution in [2.24, 2.45) is 0 Å². The third-order valence-corrected chi connectivity index (χ3v) is 4.09. The van der Waals surface area contributed by atoms with Gasteiger partial charge in [0.25, 0.3) is 5.56 Å². The Bertz CT molecular complexity index is 802. The molecule has 20 heavy (non-hydrogen) atoms. The van der Waals surface area contributed by atoms with Gasteiger partial charge < -0.3 is 4.52 Å². The highest BCUT2D eigenvalue weighted by molar-refractivity contribution is 7.17. The van der Waals surface area contributed by atoms with Gasteiger partial charge >= 0.3 is 0 Å². The number of hydrogen-bond acceptors (Lipinski definition) is 6. The van der Waals surface area contributed by atoms with Crippen molar-refractivity contribution in [2.45, 2.75) is 33.2 Å². The van der Waals surface area contributed by atoms with Gasteiger partial charge in [-0.05, 0) is 24.3 Å². The van der Waals surface area contributed by atoms with E-state index >= 15 is 0 Å². The van der Waals surface area contributed by atoms with Gasteiger partial charge in [-0.15, -0.1) is 11.3 Å². The molecule has 0 radical (unpaired) electrons. The lowest BCUT2D eigenvalue weighted by molar-refractivity contribution is 0.364. The molecule has 0 bridgehead atoms. The molecule has 0 N–H and O–H groups in total. The Morgan fingerprint density at radius 3 is 3.10 bits per heavy atom. The van der Waals surface area contributed by atoms with E-state index in [9.17, 15) is 4.79 Å². The van der Waals surface area contributed by atoms with Gasteiger partial charge in [-0.3, -0.25) is 9.36 Å². The summed E-state index contributed by atoms with van der Waals surface area (Å²) in [5.74, 6) is 1.11. The van der Waals surface area contributed by atoms with E-state index in [1.807, 2.05) is 12.3 Å². The Balaban J connectivity index is 1.94. The molecule has 0 aliphatic heterocycles. The van der Waals surface area contributed by atoms with Gasteiger partial charge in [0, 0.05) is 6.42 Å². The van der Waals surface area contributed by atoms with E-state index in [1.54, 1.807) is 0 Å². The van der Waals surface area contributed by atoms with Crippen LogP contribution in [0.5, 0.6) is 0 Å². The first-order valence-electron chi connectivity index (χ1n) is 6.43. The van der Waals surface area contributed by atoms with Crippen molar-refractivity contribution >= 4 is 21.6 Å². The zero-order valence-electron chi connectivity index (χ0n) is 11.3. The zero-order valence-corrected chi connectivity index (χ0v) is 12.1. The van der Waals surface area contributed by atoms with Crippen molar-refractivity contribution in [1.29, 1.82) is 0 Å². The van der Waals surface area contributed by atoms with E-state index in [1.165, 1.54) is 22.2 Å². The van der Waals surface area contributed by atoms with Crippen molar-refractivity contribution in [2.75, 3.05) is 0 Å². The van der Waals surface area contributed by atoms with E-state index in [2.05, 4.69) is 22.0 Å². The van der Waals surface area contributed by atoms with Crippen LogP contribution in [0.25, 0.3) is 10.2 Å². The number of rotatable bonds is 4. The lowest BCUT2D eigenvalue weighted by atomic mass is 10.3. The topological polar surface area (TPSA) is 73.8 Å². The predicted octanol–water partition coefficient (Wildman–Crippen LogP) is 2.15. The maximum Gasteiger partial charge on any atom is 0.271 e. The Hall–Kier alpha value is -2.02. The fourth-order valence-corrected chi connectivity index (χ4v) is 2.95. The highest BCUT2D eigenvalue weighted by Crippen LogP contribution is 2.19. The number of fused-ring (bicyclic) bond motifs is 1. The third-order valence-electron chi connectivity index (χ3n) is 3.01. The largest absolute Gasteiger partial charge is 0.337 e. The quantitative estimate of drug-likeness (QED) is 0.736.